The Morgan fingerprint density at radius 2 is 1.89 bits per heavy atom. The van der Waals surface area contributed by atoms with Crippen molar-refractivity contribution in [1.29, 1.82) is 0 Å². The van der Waals surface area contributed by atoms with Crippen LogP contribution in [0.15, 0.2) is 54.9 Å². The Balaban J connectivity index is 1.44. The third kappa shape index (κ3) is 4.28. The Morgan fingerprint density at radius 3 is 2.48 bits per heavy atom. The van der Waals surface area contributed by atoms with Crippen LogP contribution in [0.5, 0.6) is 0 Å². The van der Waals surface area contributed by atoms with Crippen LogP contribution in [-0.4, -0.2) is 31.7 Å². The fraction of sp³-hybridized carbons (Fsp3) is 0.250. The van der Waals surface area contributed by atoms with E-state index in [9.17, 15) is 4.79 Å². The number of carbonyl (C=O) groups is 1. The number of amides is 2. The van der Waals surface area contributed by atoms with Gasteiger partial charge in [-0.1, -0.05) is 23.7 Å². The van der Waals surface area contributed by atoms with Crippen LogP contribution in [-0.2, 0) is 13.6 Å². The SMILES string of the molecule is Cn1cnc(-c2ccc(NC(=O)N(Cc3ccc(Cl)cc3)C3CC3)cc2)n1. The van der Waals surface area contributed by atoms with Crippen LogP contribution in [0, 0.1) is 0 Å². The van der Waals surface area contributed by atoms with Gasteiger partial charge in [-0.3, -0.25) is 4.68 Å². The Kier molecular flexibility index (Phi) is 4.81. The maximum Gasteiger partial charge on any atom is 0.322 e. The number of carbonyl (C=O) groups excluding carboxylic acids is 1. The first kappa shape index (κ1) is 17.5. The van der Waals surface area contributed by atoms with Gasteiger partial charge in [0.05, 0.1) is 0 Å². The lowest BCUT2D eigenvalue weighted by atomic mass is 10.2. The second-order valence-corrected chi connectivity index (χ2v) is 7.17. The molecule has 0 radical (unpaired) electrons. The van der Waals surface area contributed by atoms with E-state index in [1.165, 1.54) is 0 Å². The summed E-state index contributed by atoms with van der Waals surface area (Å²) in [4.78, 5) is 18.9. The van der Waals surface area contributed by atoms with Gasteiger partial charge in [0.25, 0.3) is 0 Å². The molecule has 4 rings (SSSR count). The van der Waals surface area contributed by atoms with Crippen molar-refractivity contribution in [3.63, 3.8) is 0 Å². The van der Waals surface area contributed by atoms with E-state index in [1.807, 2.05) is 60.5 Å². The van der Waals surface area contributed by atoms with Crippen molar-refractivity contribution >= 4 is 23.3 Å². The first-order valence-corrected chi connectivity index (χ1v) is 9.24. The lowest BCUT2D eigenvalue weighted by Gasteiger charge is -2.23. The average molecular weight is 382 g/mol. The molecule has 1 heterocycles. The second-order valence-electron chi connectivity index (χ2n) is 6.73. The average Bonchev–Trinajstić information content (AvgIpc) is 3.42. The molecule has 6 nitrogen and oxygen atoms in total. The molecule has 0 bridgehead atoms. The Bertz CT molecular complexity index is 932. The molecule has 1 saturated carbocycles. The highest BCUT2D eigenvalue weighted by Gasteiger charge is 2.32. The molecule has 0 spiro atoms. The quantitative estimate of drug-likeness (QED) is 0.715. The number of hydrogen-bond acceptors (Lipinski definition) is 3. The highest BCUT2D eigenvalue weighted by Crippen LogP contribution is 2.29. The maximum absolute atomic E-state index is 12.8. The Labute approximate surface area is 162 Å². The first-order chi connectivity index (χ1) is 13.1. The van der Waals surface area contributed by atoms with Crippen LogP contribution < -0.4 is 5.32 Å². The van der Waals surface area contributed by atoms with Crippen LogP contribution in [0.3, 0.4) is 0 Å². The zero-order valence-corrected chi connectivity index (χ0v) is 15.7. The molecule has 0 aliphatic heterocycles. The van der Waals surface area contributed by atoms with Gasteiger partial charge in [0, 0.05) is 35.9 Å². The lowest BCUT2D eigenvalue weighted by Crippen LogP contribution is -2.36. The van der Waals surface area contributed by atoms with Crippen molar-refractivity contribution in [2.45, 2.75) is 25.4 Å². The predicted octanol–water partition coefficient (Wildman–Crippen LogP) is 4.33. The summed E-state index contributed by atoms with van der Waals surface area (Å²) >= 11 is 5.95. The van der Waals surface area contributed by atoms with Gasteiger partial charge < -0.3 is 10.2 Å². The molecule has 1 aliphatic rings. The van der Waals surface area contributed by atoms with Gasteiger partial charge in [-0.15, -0.1) is 0 Å². The largest absolute Gasteiger partial charge is 0.322 e. The minimum absolute atomic E-state index is 0.0869. The third-order valence-electron chi connectivity index (χ3n) is 4.51. The molecule has 1 fully saturated rings. The van der Waals surface area contributed by atoms with Crippen molar-refractivity contribution < 1.29 is 4.79 Å². The number of nitrogens with one attached hydrogen (secondary N) is 1. The monoisotopic (exact) mass is 381 g/mol. The van der Waals surface area contributed by atoms with Crippen molar-refractivity contribution in [3.05, 3.63) is 65.4 Å². The van der Waals surface area contributed by atoms with E-state index in [-0.39, 0.29) is 6.03 Å². The number of rotatable bonds is 5. The summed E-state index contributed by atoms with van der Waals surface area (Å²) in [6, 6.07) is 15.4. The van der Waals surface area contributed by atoms with E-state index in [2.05, 4.69) is 15.4 Å². The van der Waals surface area contributed by atoms with Crippen molar-refractivity contribution in [3.8, 4) is 11.4 Å². The molecule has 0 saturated heterocycles. The fourth-order valence-electron chi connectivity index (χ4n) is 2.91. The summed E-state index contributed by atoms with van der Waals surface area (Å²) in [5.41, 5.74) is 2.73. The molecule has 0 unspecified atom stereocenters. The summed E-state index contributed by atoms with van der Waals surface area (Å²) in [7, 11) is 1.83. The number of hydrogen-bond donors (Lipinski definition) is 1. The van der Waals surface area contributed by atoms with Crippen LogP contribution in [0.2, 0.25) is 5.02 Å². The molecule has 138 valence electrons. The van der Waals surface area contributed by atoms with Crippen molar-refractivity contribution in [1.82, 2.24) is 19.7 Å². The molecule has 1 aliphatic carbocycles. The molecule has 1 aromatic heterocycles. The number of benzene rings is 2. The number of nitrogens with zero attached hydrogens (tertiary/aromatic N) is 4. The van der Waals surface area contributed by atoms with E-state index in [4.69, 9.17) is 11.6 Å². The third-order valence-corrected chi connectivity index (χ3v) is 4.76. The molecule has 1 N–H and O–H groups in total. The maximum atomic E-state index is 12.8. The molecule has 2 aromatic carbocycles. The smallest absolute Gasteiger partial charge is 0.317 e. The van der Waals surface area contributed by atoms with E-state index < -0.39 is 0 Å². The fourth-order valence-corrected chi connectivity index (χ4v) is 3.03. The van der Waals surface area contributed by atoms with Gasteiger partial charge in [0.1, 0.15) is 6.33 Å². The number of urea groups is 1. The van der Waals surface area contributed by atoms with E-state index in [0.29, 0.717) is 23.4 Å². The zero-order valence-electron chi connectivity index (χ0n) is 15.0. The van der Waals surface area contributed by atoms with E-state index in [0.717, 1.165) is 29.7 Å². The summed E-state index contributed by atoms with van der Waals surface area (Å²) in [6.07, 6.45) is 3.76. The topological polar surface area (TPSA) is 63.1 Å². The van der Waals surface area contributed by atoms with E-state index >= 15 is 0 Å². The highest BCUT2D eigenvalue weighted by molar-refractivity contribution is 6.30. The van der Waals surface area contributed by atoms with Gasteiger partial charge in [0.15, 0.2) is 5.82 Å². The van der Waals surface area contributed by atoms with Crippen molar-refractivity contribution in [2.75, 3.05) is 5.32 Å². The molecule has 3 aromatic rings. The summed E-state index contributed by atoms with van der Waals surface area (Å²) in [5.74, 6) is 0.665. The Morgan fingerprint density at radius 1 is 1.19 bits per heavy atom. The molecule has 7 heteroatoms. The minimum Gasteiger partial charge on any atom is -0.317 e. The number of anilines is 1. The molecular formula is C20H20ClN5O. The Hall–Kier alpha value is -2.86. The number of aromatic nitrogens is 3. The molecule has 2 amide bonds. The van der Waals surface area contributed by atoms with Crippen LogP contribution in [0.25, 0.3) is 11.4 Å². The molecule has 0 atom stereocenters. The normalized spacial score (nSPS) is 13.4. The lowest BCUT2D eigenvalue weighted by molar-refractivity contribution is 0.206. The van der Waals surface area contributed by atoms with Crippen LogP contribution >= 0.6 is 11.6 Å². The van der Waals surface area contributed by atoms with E-state index in [1.54, 1.807) is 11.0 Å². The van der Waals surface area contributed by atoms with Crippen molar-refractivity contribution in [2.24, 2.45) is 7.05 Å². The second kappa shape index (κ2) is 7.40. The summed E-state index contributed by atoms with van der Waals surface area (Å²) in [5, 5.41) is 7.98. The standard InChI is InChI=1S/C20H20ClN5O/c1-25-13-22-19(24-25)15-4-8-17(9-5-15)23-20(27)26(18-10-11-18)12-14-2-6-16(21)7-3-14/h2-9,13,18H,10-12H2,1H3,(H,23,27). The first-order valence-electron chi connectivity index (χ1n) is 8.86. The molecule has 27 heavy (non-hydrogen) atoms. The van der Waals surface area contributed by atoms with Gasteiger partial charge in [0.2, 0.25) is 0 Å². The molecular weight excluding hydrogens is 362 g/mol. The summed E-state index contributed by atoms with van der Waals surface area (Å²) in [6.45, 7) is 0.573. The van der Waals surface area contributed by atoms with Crippen LogP contribution in [0.1, 0.15) is 18.4 Å². The zero-order chi connectivity index (χ0) is 18.8. The number of halogens is 1. The van der Waals surface area contributed by atoms with Gasteiger partial charge in [-0.25, -0.2) is 9.78 Å². The highest BCUT2D eigenvalue weighted by atomic mass is 35.5. The minimum atomic E-state index is -0.0869. The van der Waals surface area contributed by atoms with Gasteiger partial charge >= 0.3 is 6.03 Å². The van der Waals surface area contributed by atoms with Gasteiger partial charge in [-0.05, 0) is 54.8 Å². The summed E-state index contributed by atoms with van der Waals surface area (Å²) < 4.78 is 1.66. The van der Waals surface area contributed by atoms with Gasteiger partial charge in [-0.2, -0.15) is 5.10 Å². The predicted molar refractivity (Wildman–Crippen MR) is 105 cm³/mol. The van der Waals surface area contributed by atoms with Crippen LogP contribution in [0.4, 0.5) is 10.5 Å². The number of aryl methyl sites for hydroxylation is 1.